The number of likely N-dealkylation sites (N-methyl/N-ethyl adjacent to an activating group) is 1. The van der Waals surface area contributed by atoms with Crippen LogP contribution in [0.15, 0.2) is 0 Å². The van der Waals surface area contributed by atoms with Crippen LogP contribution in [0.5, 0.6) is 0 Å². The second kappa shape index (κ2) is 5.48. The minimum atomic E-state index is -0.374. The van der Waals surface area contributed by atoms with Crippen molar-refractivity contribution >= 4 is 0 Å². The van der Waals surface area contributed by atoms with Gasteiger partial charge in [0, 0.05) is 19.6 Å². The van der Waals surface area contributed by atoms with E-state index < -0.39 is 0 Å². The molecule has 3 nitrogen and oxygen atoms in total. The van der Waals surface area contributed by atoms with Crippen molar-refractivity contribution in [2.24, 2.45) is 0 Å². The number of rotatable bonds is 2. The summed E-state index contributed by atoms with van der Waals surface area (Å²) < 4.78 is 0. The van der Waals surface area contributed by atoms with E-state index in [9.17, 15) is 5.11 Å². The van der Waals surface area contributed by atoms with E-state index >= 15 is 0 Å². The Morgan fingerprint density at radius 1 is 0.938 bits per heavy atom. The highest BCUT2D eigenvalue weighted by Crippen LogP contribution is 2.28. The van der Waals surface area contributed by atoms with Crippen LogP contribution in [0, 0.1) is 0 Å². The summed E-state index contributed by atoms with van der Waals surface area (Å²) in [5, 5.41) is 10.5. The van der Waals surface area contributed by atoms with Gasteiger partial charge in [0.05, 0.1) is 5.60 Å². The third kappa shape index (κ3) is 3.44. The molecule has 0 aromatic heterocycles. The van der Waals surface area contributed by atoms with Crippen molar-refractivity contribution in [3.63, 3.8) is 0 Å². The molecule has 1 N–H and O–H groups in total. The second-order valence-corrected chi connectivity index (χ2v) is 5.72. The van der Waals surface area contributed by atoms with Gasteiger partial charge in [-0.05, 0) is 39.4 Å². The lowest BCUT2D eigenvalue weighted by Gasteiger charge is -2.36. The molecule has 0 amide bonds. The van der Waals surface area contributed by atoms with E-state index in [1.165, 1.54) is 32.2 Å². The molecule has 16 heavy (non-hydrogen) atoms. The van der Waals surface area contributed by atoms with Crippen LogP contribution in [0.2, 0.25) is 0 Å². The summed E-state index contributed by atoms with van der Waals surface area (Å²) in [7, 11) is 2.19. The standard InChI is InChI=1S/C13H26N2O/c1-14-8-5-9-15(11-10-14)12-13(16)6-3-2-4-7-13/h16H,2-12H2,1H3. The Morgan fingerprint density at radius 3 is 2.44 bits per heavy atom. The Labute approximate surface area is 99.4 Å². The summed E-state index contributed by atoms with van der Waals surface area (Å²) in [5.74, 6) is 0. The van der Waals surface area contributed by atoms with Crippen LogP contribution in [0.3, 0.4) is 0 Å². The molecule has 0 spiro atoms. The first-order chi connectivity index (χ1) is 7.68. The Kier molecular flexibility index (Phi) is 4.22. The van der Waals surface area contributed by atoms with Crippen molar-refractivity contribution in [3.8, 4) is 0 Å². The molecule has 2 aliphatic rings. The lowest BCUT2D eigenvalue weighted by molar-refractivity contribution is -0.0252. The van der Waals surface area contributed by atoms with Crippen molar-refractivity contribution in [2.45, 2.75) is 44.1 Å². The third-order valence-corrected chi connectivity index (χ3v) is 4.11. The van der Waals surface area contributed by atoms with Gasteiger partial charge in [0.2, 0.25) is 0 Å². The minimum absolute atomic E-state index is 0.374. The number of β-amino-alcohol motifs (C(OH)–C–C–N with tert-alkyl or cyclic N) is 1. The molecule has 94 valence electrons. The van der Waals surface area contributed by atoms with Crippen LogP contribution in [0.25, 0.3) is 0 Å². The molecule has 0 aromatic rings. The molecule has 1 aliphatic heterocycles. The lowest BCUT2D eigenvalue weighted by atomic mass is 9.84. The average molecular weight is 226 g/mol. The zero-order valence-corrected chi connectivity index (χ0v) is 10.6. The van der Waals surface area contributed by atoms with Gasteiger partial charge < -0.3 is 10.0 Å². The van der Waals surface area contributed by atoms with Crippen LogP contribution in [0.4, 0.5) is 0 Å². The molecule has 0 atom stereocenters. The lowest BCUT2D eigenvalue weighted by Crippen LogP contribution is -2.45. The van der Waals surface area contributed by atoms with Crippen LogP contribution in [-0.2, 0) is 0 Å². The Balaban J connectivity index is 1.83. The van der Waals surface area contributed by atoms with Gasteiger partial charge in [0.15, 0.2) is 0 Å². The van der Waals surface area contributed by atoms with E-state index in [-0.39, 0.29) is 5.60 Å². The summed E-state index contributed by atoms with van der Waals surface area (Å²) in [5.41, 5.74) is -0.374. The zero-order valence-electron chi connectivity index (χ0n) is 10.6. The van der Waals surface area contributed by atoms with Crippen LogP contribution >= 0.6 is 0 Å². The summed E-state index contributed by atoms with van der Waals surface area (Å²) in [6.45, 7) is 5.54. The van der Waals surface area contributed by atoms with Crippen molar-refractivity contribution in [2.75, 3.05) is 39.8 Å². The van der Waals surface area contributed by atoms with Crippen molar-refractivity contribution in [1.29, 1.82) is 0 Å². The van der Waals surface area contributed by atoms with Crippen molar-refractivity contribution < 1.29 is 5.11 Å². The van der Waals surface area contributed by atoms with E-state index in [0.29, 0.717) is 0 Å². The normalized spacial score (nSPS) is 28.9. The van der Waals surface area contributed by atoms with Gasteiger partial charge >= 0.3 is 0 Å². The monoisotopic (exact) mass is 226 g/mol. The predicted molar refractivity (Wildman–Crippen MR) is 66.6 cm³/mol. The number of hydrogen-bond acceptors (Lipinski definition) is 3. The summed E-state index contributed by atoms with van der Waals surface area (Å²) in [6, 6.07) is 0. The smallest absolute Gasteiger partial charge is 0.0774 e. The molecule has 0 bridgehead atoms. The number of hydrogen-bond donors (Lipinski definition) is 1. The van der Waals surface area contributed by atoms with E-state index in [0.717, 1.165) is 39.0 Å². The molecule has 0 radical (unpaired) electrons. The molecule has 2 fully saturated rings. The summed E-state index contributed by atoms with van der Waals surface area (Å²) >= 11 is 0. The van der Waals surface area contributed by atoms with Gasteiger partial charge in [-0.2, -0.15) is 0 Å². The summed E-state index contributed by atoms with van der Waals surface area (Å²) in [6.07, 6.45) is 7.00. The fraction of sp³-hybridized carbons (Fsp3) is 1.00. The fourth-order valence-electron chi connectivity index (χ4n) is 3.04. The maximum atomic E-state index is 10.5. The van der Waals surface area contributed by atoms with E-state index in [2.05, 4.69) is 16.8 Å². The second-order valence-electron chi connectivity index (χ2n) is 5.72. The Bertz CT molecular complexity index is 214. The number of nitrogens with zero attached hydrogens (tertiary/aromatic N) is 2. The molecule has 1 saturated heterocycles. The van der Waals surface area contributed by atoms with Gasteiger partial charge in [-0.1, -0.05) is 19.3 Å². The predicted octanol–water partition coefficient (Wildman–Crippen LogP) is 1.32. The third-order valence-electron chi connectivity index (χ3n) is 4.11. The van der Waals surface area contributed by atoms with Gasteiger partial charge in [0.1, 0.15) is 0 Å². The summed E-state index contributed by atoms with van der Waals surface area (Å²) in [4.78, 5) is 4.86. The highest BCUT2D eigenvalue weighted by Gasteiger charge is 2.31. The van der Waals surface area contributed by atoms with Gasteiger partial charge in [-0.15, -0.1) is 0 Å². The van der Waals surface area contributed by atoms with Gasteiger partial charge in [-0.25, -0.2) is 0 Å². The minimum Gasteiger partial charge on any atom is -0.389 e. The molecule has 2 rings (SSSR count). The quantitative estimate of drug-likeness (QED) is 0.769. The number of aliphatic hydroxyl groups is 1. The Morgan fingerprint density at radius 2 is 1.69 bits per heavy atom. The van der Waals surface area contributed by atoms with E-state index in [1.54, 1.807) is 0 Å². The van der Waals surface area contributed by atoms with Crippen molar-refractivity contribution in [1.82, 2.24) is 9.80 Å². The molecule has 0 aromatic carbocycles. The first kappa shape index (κ1) is 12.3. The largest absolute Gasteiger partial charge is 0.389 e. The molecular weight excluding hydrogens is 200 g/mol. The maximum Gasteiger partial charge on any atom is 0.0774 e. The Hall–Kier alpha value is -0.120. The van der Waals surface area contributed by atoms with Gasteiger partial charge in [0.25, 0.3) is 0 Å². The molecule has 1 heterocycles. The highest BCUT2D eigenvalue weighted by atomic mass is 16.3. The molecule has 1 saturated carbocycles. The van der Waals surface area contributed by atoms with Crippen LogP contribution in [-0.4, -0.2) is 60.3 Å². The fourth-order valence-corrected chi connectivity index (χ4v) is 3.04. The molecular formula is C13H26N2O. The first-order valence-electron chi connectivity index (χ1n) is 6.81. The first-order valence-corrected chi connectivity index (χ1v) is 6.81. The molecule has 0 unspecified atom stereocenters. The SMILES string of the molecule is CN1CCCN(CC2(O)CCCCC2)CC1. The molecule has 3 heteroatoms. The van der Waals surface area contributed by atoms with E-state index in [4.69, 9.17) is 0 Å². The van der Waals surface area contributed by atoms with E-state index in [1.807, 2.05) is 0 Å². The topological polar surface area (TPSA) is 26.7 Å². The zero-order chi connectivity index (χ0) is 11.4. The van der Waals surface area contributed by atoms with Gasteiger partial charge in [-0.3, -0.25) is 4.90 Å². The molecule has 1 aliphatic carbocycles. The average Bonchev–Trinajstić information content (AvgIpc) is 2.44. The highest BCUT2D eigenvalue weighted by molar-refractivity contribution is 4.86. The maximum absolute atomic E-state index is 10.5. The van der Waals surface area contributed by atoms with Crippen LogP contribution in [0.1, 0.15) is 38.5 Å². The van der Waals surface area contributed by atoms with Crippen molar-refractivity contribution in [3.05, 3.63) is 0 Å². The van der Waals surface area contributed by atoms with Crippen LogP contribution < -0.4 is 0 Å².